The van der Waals surface area contributed by atoms with Crippen LogP contribution in [-0.4, -0.2) is 0 Å². The van der Waals surface area contributed by atoms with Gasteiger partial charge < -0.3 is 13.7 Å². The van der Waals surface area contributed by atoms with Crippen LogP contribution in [0, 0.1) is 0 Å². The number of nitrogens with zero attached hydrogens (tertiary/aromatic N) is 1. The summed E-state index contributed by atoms with van der Waals surface area (Å²) in [5.41, 5.74) is 9.05. The molecule has 2 aromatic heterocycles. The van der Waals surface area contributed by atoms with Gasteiger partial charge in [0.1, 0.15) is 22.3 Å². The molecule has 0 saturated carbocycles. The van der Waals surface area contributed by atoms with Crippen molar-refractivity contribution in [3.05, 3.63) is 152 Å². The highest BCUT2D eigenvalue weighted by molar-refractivity contribution is 6.23. The zero-order chi connectivity index (χ0) is 28.3. The van der Waals surface area contributed by atoms with Gasteiger partial charge in [-0.25, -0.2) is 0 Å². The predicted molar refractivity (Wildman–Crippen MR) is 179 cm³/mol. The van der Waals surface area contributed by atoms with Crippen LogP contribution < -0.4 is 4.90 Å². The maximum absolute atomic E-state index is 6.59. The van der Waals surface area contributed by atoms with Crippen molar-refractivity contribution in [2.45, 2.75) is 0 Å². The van der Waals surface area contributed by atoms with Crippen molar-refractivity contribution < 1.29 is 8.83 Å². The van der Waals surface area contributed by atoms with E-state index < -0.39 is 0 Å². The monoisotopic (exact) mass is 551 g/mol. The fourth-order valence-corrected chi connectivity index (χ4v) is 6.61. The molecule has 2 heterocycles. The van der Waals surface area contributed by atoms with Crippen LogP contribution in [0.1, 0.15) is 0 Å². The fourth-order valence-electron chi connectivity index (χ4n) is 6.61. The standard InChI is InChI=1S/C40H25NO2/c1-3-12-26(13-4-1)28-17-9-19-32-38-30-18-10-20-33(29(30)24-25-37(38)43-40(28)32)41(27-14-5-2-6-15-27)34-21-11-23-36-39(34)31-16-7-8-22-35(31)42-36/h1-25H. The number of rotatable bonds is 4. The summed E-state index contributed by atoms with van der Waals surface area (Å²) in [6.07, 6.45) is 0. The van der Waals surface area contributed by atoms with Gasteiger partial charge >= 0.3 is 0 Å². The molecule has 0 bridgehead atoms. The van der Waals surface area contributed by atoms with Gasteiger partial charge in [0.05, 0.1) is 16.8 Å². The minimum Gasteiger partial charge on any atom is -0.456 e. The van der Waals surface area contributed by atoms with Gasteiger partial charge in [-0.15, -0.1) is 0 Å². The van der Waals surface area contributed by atoms with E-state index in [1.54, 1.807) is 0 Å². The normalized spacial score (nSPS) is 11.7. The topological polar surface area (TPSA) is 29.5 Å². The van der Waals surface area contributed by atoms with E-state index >= 15 is 0 Å². The lowest BCUT2D eigenvalue weighted by Gasteiger charge is -2.27. The van der Waals surface area contributed by atoms with Crippen molar-refractivity contribution >= 4 is 71.7 Å². The summed E-state index contributed by atoms with van der Waals surface area (Å²) in [5.74, 6) is 0. The Morgan fingerprint density at radius 3 is 1.91 bits per heavy atom. The van der Waals surface area contributed by atoms with Gasteiger partial charge in [0.15, 0.2) is 0 Å². The van der Waals surface area contributed by atoms with Crippen molar-refractivity contribution in [2.24, 2.45) is 0 Å². The molecule has 43 heavy (non-hydrogen) atoms. The Balaban J connectivity index is 1.35. The minimum absolute atomic E-state index is 0.872. The predicted octanol–water partition coefficient (Wildman–Crippen LogP) is 11.8. The van der Waals surface area contributed by atoms with Gasteiger partial charge in [-0.05, 0) is 59.5 Å². The van der Waals surface area contributed by atoms with E-state index in [1.807, 2.05) is 18.2 Å². The van der Waals surface area contributed by atoms with Crippen LogP contribution in [0.4, 0.5) is 17.1 Å². The zero-order valence-corrected chi connectivity index (χ0v) is 23.2. The number of benzene rings is 7. The van der Waals surface area contributed by atoms with Crippen LogP contribution in [0.15, 0.2) is 160 Å². The Morgan fingerprint density at radius 1 is 0.372 bits per heavy atom. The second kappa shape index (κ2) is 9.37. The Labute approximate surface area is 247 Å². The lowest BCUT2D eigenvalue weighted by molar-refractivity contribution is 0.669. The number of hydrogen-bond acceptors (Lipinski definition) is 3. The lowest BCUT2D eigenvalue weighted by atomic mass is 9.98. The van der Waals surface area contributed by atoms with Gasteiger partial charge in [0, 0.05) is 32.8 Å². The van der Waals surface area contributed by atoms with Crippen LogP contribution >= 0.6 is 0 Å². The van der Waals surface area contributed by atoms with E-state index in [2.05, 4.69) is 138 Å². The number of para-hydroxylation sites is 3. The molecular weight excluding hydrogens is 526 g/mol. The summed E-state index contributed by atoms with van der Waals surface area (Å²) in [6, 6.07) is 52.9. The molecule has 3 nitrogen and oxygen atoms in total. The van der Waals surface area contributed by atoms with E-state index in [9.17, 15) is 0 Å². The first kappa shape index (κ1) is 23.9. The molecule has 0 fully saturated rings. The number of furan rings is 2. The molecule has 0 aliphatic heterocycles. The molecule has 202 valence electrons. The Hall–Kier alpha value is -5.80. The largest absolute Gasteiger partial charge is 0.456 e. The third-order valence-corrected chi connectivity index (χ3v) is 8.46. The smallest absolute Gasteiger partial charge is 0.143 e. The van der Waals surface area contributed by atoms with Crippen molar-refractivity contribution in [3.63, 3.8) is 0 Å². The fraction of sp³-hybridized carbons (Fsp3) is 0. The highest BCUT2D eigenvalue weighted by Crippen LogP contribution is 2.47. The quantitative estimate of drug-likeness (QED) is 0.218. The van der Waals surface area contributed by atoms with E-state index in [4.69, 9.17) is 8.83 Å². The summed E-state index contributed by atoms with van der Waals surface area (Å²) in [6.45, 7) is 0. The zero-order valence-electron chi connectivity index (χ0n) is 23.2. The average molecular weight is 552 g/mol. The van der Waals surface area contributed by atoms with Crippen LogP contribution in [0.2, 0.25) is 0 Å². The molecule has 9 rings (SSSR count). The summed E-state index contributed by atoms with van der Waals surface area (Å²) in [7, 11) is 0. The maximum Gasteiger partial charge on any atom is 0.143 e. The van der Waals surface area contributed by atoms with E-state index in [0.717, 1.165) is 82.8 Å². The third-order valence-electron chi connectivity index (χ3n) is 8.46. The van der Waals surface area contributed by atoms with Gasteiger partial charge in [-0.2, -0.15) is 0 Å². The van der Waals surface area contributed by atoms with E-state index in [0.29, 0.717) is 0 Å². The molecule has 0 aliphatic rings. The highest BCUT2D eigenvalue weighted by atomic mass is 16.3. The molecule has 9 aromatic rings. The minimum atomic E-state index is 0.872. The second-order valence-electron chi connectivity index (χ2n) is 10.9. The first-order valence-corrected chi connectivity index (χ1v) is 14.5. The van der Waals surface area contributed by atoms with Crippen molar-refractivity contribution in [1.29, 1.82) is 0 Å². The Morgan fingerprint density at radius 2 is 1.02 bits per heavy atom. The first-order valence-electron chi connectivity index (χ1n) is 14.5. The number of fused-ring (bicyclic) bond motifs is 8. The van der Waals surface area contributed by atoms with Gasteiger partial charge in [-0.1, -0.05) is 103 Å². The molecule has 7 aromatic carbocycles. The van der Waals surface area contributed by atoms with Crippen molar-refractivity contribution in [2.75, 3.05) is 4.90 Å². The first-order chi connectivity index (χ1) is 21.3. The van der Waals surface area contributed by atoms with Crippen LogP contribution in [-0.2, 0) is 0 Å². The Kier molecular flexibility index (Phi) is 5.20. The van der Waals surface area contributed by atoms with Gasteiger partial charge in [-0.3, -0.25) is 0 Å². The molecule has 0 N–H and O–H groups in total. The molecule has 0 unspecified atom stereocenters. The van der Waals surface area contributed by atoms with Crippen LogP contribution in [0.25, 0.3) is 65.8 Å². The molecule has 0 aliphatic carbocycles. The third kappa shape index (κ3) is 3.62. The molecule has 0 radical (unpaired) electrons. The summed E-state index contributed by atoms with van der Waals surface area (Å²) < 4.78 is 12.9. The molecule has 0 saturated heterocycles. The lowest BCUT2D eigenvalue weighted by Crippen LogP contribution is -2.10. The molecule has 0 amide bonds. The summed E-state index contributed by atoms with van der Waals surface area (Å²) in [4.78, 5) is 2.36. The van der Waals surface area contributed by atoms with Crippen molar-refractivity contribution in [1.82, 2.24) is 0 Å². The summed E-state index contributed by atoms with van der Waals surface area (Å²) >= 11 is 0. The highest BCUT2D eigenvalue weighted by Gasteiger charge is 2.22. The molecule has 0 atom stereocenters. The molecule has 3 heteroatoms. The van der Waals surface area contributed by atoms with Crippen LogP contribution in [0.5, 0.6) is 0 Å². The second-order valence-corrected chi connectivity index (χ2v) is 10.9. The number of hydrogen-bond donors (Lipinski definition) is 0. The average Bonchev–Trinajstić information content (AvgIpc) is 3.65. The van der Waals surface area contributed by atoms with Crippen LogP contribution in [0.3, 0.4) is 0 Å². The Bertz CT molecular complexity index is 2450. The van der Waals surface area contributed by atoms with Crippen molar-refractivity contribution in [3.8, 4) is 11.1 Å². The van der Waals surface area contributed by atoms with E-state index in [1.165, 1.54) is 0 Å². The SMILES string of the molecule is c1ccc(-c2cccc3c2oc2ccc4c(N(c5ccccc5)c5cccc6oc7ccccc7c56)cccc4c23)cc1. The molecular formula is C40H25NO2. The molecule has 0 spiro atoms. The van der Waals surface area contributed by atoms with Gasteiger partial charge in [0.2, 0.25) is 0 Å². The maximum atomic E-state index is 6.59. The number of anilines is 3. The summed E-state index contributed by atoms with van der Waals surface area (Å²) in [5, 5.41) is 6.76. The van der Waals surface area contributed by atoms with E-state index in [-0.39, 0.29) is 0 Å². The van der Waals surface area contributed by atoms with Gasteiger partial charge in [0.25, 0.3) is 0 Å².